The largest absolute Gasteiger partial charge is 0.325 e. The molecule has 2 rings (SSSR count). The molecule has 0 radical (unpaired) electrons. The van der Waals surface area contributed by atoms with E-state index in [0.717, 1.165) is 6.42 Å². The third kappa shape index (κ3) is 1.10. The molecule has 52 valence electrons. The van der Waals surface area contributed by atoms with Crippen LogP contribution in [0.5, 0.6) is 0 Å². The Morgan fingerprint density at radius 3 is 1.44 bits per heavy atom. The minimum atomic E-state index is 0.172. The molecule has 2 aliphatic carbocycles. The highest BCUT2D eigenvalue weighted by atomic mass is 14.9. The van der Waals surface area contributed by atoms with E-state index in [4.69, 9.17) is 11.5 Å². The van der Waals surface area contributed by atoms with E-state index in [1.807, 2.05) is 0 Å². The van der Waals surface area contributed by atoms with Gasteiger partial charge in [-0.1, -0.05) is 0 Å². The highest BCUT2D eigenvalue weighted by Crippen LogP contribution is 2.47. The quantitative estimate of drug-likeness (QED) is 0.561. The van der Waals surface area contributed by atoms with Crippen LogP contribution in [0.3, 0.4) is 0 Å². The Morgan fingerprint density at radius 2 is 1.22 bits per heavy atom. The average molecular weight is 126 g/mol. The van der Waals surface area contributed by atoms with Crippen LogP contribution in [0, 0.1) is 0 Å². The van der Waals surface area contributed by atoms with Gasteiger partial charge >= 0.3 is 0 Å². The molecule has 2 aliphatic rings. The molecule has 0 aromatic rings. The number of rotatable bonds is 2. The minimum Gasteiger partial charge on any atom is -0.325 e. The van der Waals surface area contributed by atoms with Crippen LogP contribution in [-0.4, -0.2) is 11.1 Å². The smallest absolute Gasteiger partial charge is 0.0173 e. The Bertz CT molecular complexity index is 118. The number of hydrogen-bond acceptors (Lipinski definition) is 2. The molecule has 2 saturated carbocycles. The summed E-state index contributed by atoms with van der Waals surface area (Å²) in [5, 5.41) is 0. The van der Waals surface area contributed by atoms with Crippen LogP contribution in [0.15, 0.2) is 0 Å². The first-order valence-corrected chi connectivity index (χ1v) is 3.70. The molecule has 0 heterocycles. The van der Waals surface area contributed by atoms with Gasteiger partial charge in [-0.15, -0.1) is 0 Å². The Kier molecular flexibility index (Phi) is 0.837. The van der Waals surface area contributed by atoms with Crippen molar-refractivity contribution in [1.82, 2.24) is 0 Å². The summed E-state index contributed by atoms with van der Waals surface area (Å²) >= 11 is 0. The Hall–Kier alpha value is -0.0800. The van der Waals surface area contributed by atoms with Gasteiger partial charge in [0, 0.05) is 11.1 Å². The Balaban J connectivity index is 1.90. The summed E-state index contributed by atoms with van der Waals surface area (Å²) in [6, 6.07) is 0. The van der Waals surface area contributed by atoms with Crippen LogP contribution in [0.2, 0.25) is 0 Å². The second-order valence-electron chi connectivity index (χ2n) is 3.90. The highest BCUT2D eigenvalue weighted by Gasteiger charge is 2.49. The van der Waals surface area contributed by atoms with Crippen molar-refractivity contribution in [2.24, 2.45) is 11.5 Å². The first-order valence-electron chi connectivity index (χ1n) is 3.70. The number of hydrogen-bond donors (Lipinski definition) is 2. The van der Waals surface area contributed by atoms with Gasteiger partial charge in [-0.25, -0.2) is 0 Å². The van der Waals surface area contributed by atoms with E-state index in [-0.39, 0.29) is 11.1 Å². The summed E-state index contributed by atoms with van der Waals surface area (Å²) in [5.74, 6) is 0. The molecular weight excluding hydrogens is 112 g/mol. The molecule has 0 unspecified atom stereocenters. The van der Waals surface area contributed by atoms with Gasteiger partial charge < -0.3 is 11.5 Å². The number of nitrogens with two attached hydrogens (primary N) is 2. The van der Waals surface area contributed by atoms with Gasteiger partial charge in [-0.3, -0.25) is 0 Å². The van der Waals surface area contributed by atoms with E-state index < -0.39 is 0 Å². The van der Waals surface area contributed by atoms with Crippen molar-refractivity contribution in [3.63, 3.8) is 0 Å². The molecule has 0 atom stereocenters. The van der Waals surface area contributed by atoms with Crippen molar-refractivity contribution in [2.45, 2.75) is 43.2 Å². The van der Waals surface area contributed by atoms with Gasteiger partial charge in [-0.2, -0.15) is 0 Å². The molecular formula is C7H14N2. The van der Waals surface area contributed by atoms with Crippen LogP contribution >= 0.6 is 0 Å². The van der Waals surface area contributed by atoms with Crippen molar-refractivity contribution in [3.05, 3.63) is 0 Å². The van der Waals surface area contributed by atoms with E-state index >= 15 is 0 Å². The van der Waals surface area contributed by atoms with Gasteiger partial charge in [-0.05, 0) is 32.1 Å². The zero-order chi connectivity index (χ0) is 6.54. The van der Waals surface area contributed by atoms with E-state index in [0.29, 0.717) is 0 Å². The fraction of sp³-hybridized carbons (Fsp3) is 1.00. The second-order valence-corrected chi connectivity index (χ2v) is 3.90. The van der Waals surface area contributed by atoms with Gasteiger partial charge in [0.2, 0.25) is 0 Å². The lowest BCUT2D eigenvalue weighted by molar-refractivity contribution is 0.501. The fourth-order valence-corrected chi connectivity index (χ4v) is 1.38. The predicted octanol–water partition coefficient (Wildman–Crippen LogP) is 0.359. The maximum absolute atomic E-state index is 5.89. The normalized spacial score (nSPS) is 34.0. The molecule has 0 bridgehead atoms. The highest BCUT2D eigenvalue weighted by molar-refractivity contribution is 5.11. The van der Waals surface area contributed by atoms with E-state index in [9.17, 15) is 0 Å². The fourth-order valence-electron chi connectivity index (χ4n) is 1.38. The molecule has 0 amide bonds. The summed E-state index contributed by atoms with van der Waals surface area (Å²) in [5.41, 5.74) is 12.1. The maximum Gasteiger partial charge on any atom is 0.0173 e. The summed E-state index contributed by atoms with van der Waals surface area (Å²) in [7, 11) is 0. The predicted molar refractivity (Wildman–Crippen MR) is 36.9 cm³/mol. The third-order valence-electron chi connectivity index (χ3n) is 2.49. The lowest BCUT2D eigenvalue weighted by Gasteiger charge is -2.13. The third-order valence-corrected chi connectivity index (χ3v) is 2.49. The summed E-state index contributed by atoms with van der Waals surface area (Å²) in [4.78, 5) is 0. The average Bonchev–Trinajstić information content (AvgIpc) is 2.55. The monoisotopic (exact) mass is 126 g/mol. The van der Waals surface area contributed by atoms with Crippen molar-refractivity contribution in [3.8, 4) is 0 Å². The van der Waals surface area contributed by atoms with Crippen LogP contribution in [0.1, 0.15) is 32.1 Å². The zero-order valence-corrected chi connectivity index (χ0v) is 5.69. The van der Waals surface area contributed by atoms with Gasteiger partial charge in [0.05, 0.1) is 0 Å². The molecule has 2 nitrogen and oxygen atoms in total. The SMILES string of the molecule is NC1(CC2(N)CC2)CC1. The first-order chi connectivity index (χ1) is 4.12. The van der Waals surface area contributed by atoms with Crippen molar-refractivity contribution >= 4 is 0 Å². The topological polar surface area (TPSA) is 52.0 Å². The zero-order valence-electron chi connectivity index (χ0n) is 5.69. The molecule has 0 aliphatic heterocycles. The summed E-state index contributed by atoms with van der Waals surface area (Å²) < 4.78 is 0. The van der Waals surface area contributed by atoms with Crippen molar-refractivity contribution < 1.29 is 0 Å². The molecule has 4 N–H and O–H groups in total. The van der Waals surface area contributed by atoms with Crippen LogP contribution in [0.25, 0.3) is 0 Å². The lowest BCUT2D eigenvalue weighted by Crippen LogP contribution is -2.34. The lowest BCUT2D eigenvalue weighted by atomic mass is 10.1. The standard InChI is InChI=1S/C7H14N2/c8-6(1-2-6)5-7(9)3-4-7/h1-5,8-9H2. The molecule has 0 saturated heterocycles. The summed E-state index contributed by atoms with van der Waals surface area (Å²) in [6.45, 7) is 0. The van der Waals surface area contributed by atoms with Crippen molar-refractivity contribution in [1.29, 1.82) is 0 Å². The van der Waals surface area contributed by atoms with E-state index in [2.05, 4.69) is 0 Å². The van der Waals surface area contributed by atoms with Crippen LogP contribution in [-0.2, 0) is 0 Å². The van der Waals surface area contributed by atoms with Crippen LogP contribution < -0.4 is 11.5 Å². The van der Waals surface area contributed by atoms with E-state index in [1.165, 1.54) is 25.7 Å². The van der Waals surface area contributed by atoms with E-state index in [1.54, 1.807) is 0 Å². The molecule has 0 aromatic carbocycles. The van der Waals surface area contributed by atoms with Gasteiger partial charge in [0.25, 0.3) is 0 Å². The Morgan fingerprint density at radius 1 is 0.889 bits per heavy atom. The Labute approximate surface area is 55.6 Å². The molecule has 2 heteroatoms. The maximum atomic E-state index is 5.89. The van der Waals surface area contributed by atoms with Crippen LogP contribution in [0.4, 0.5) is 0 Å². The molecule has 0 aromatic heterocycles. The minimum absolute atomic E-state index is 0.172. The van der Waals surface area contributed by atoms with Crippen molar-refractivity contribution in [2.75, 3.05) is 0 Å². The molecule has 2 fully saturated rings. The summed E-state index contributed by atoms with van der Waals surface area (Å²) in [6.07, 6.45) is 5.87. The second kappa shape index (κ2) is 1.32. The molecule has 9 heavy (non-hydrogen) atoms. The van der Waals surface area contributed by atoms with Gasteiger partial charge in [0.15, 0.2) is 0 Å². The molecule has 0 spiro atoms. The van der Waals surface area contributed by atoms with Gasteiger partial charge in [0.1, 0.15) is 0 Å². The first kappa shape index (κ1) is 5.69.